The number of hydrogen-bond acceptors (Lipinski definition) is 2. The highest BCUT2D eigenvalue weighted by molar-refractivity contribution is 9.10. The van der Waals surface area contributed by atoms with Gasteiger partial charge in [-0.15, -0.1) is 0 Å². The third kappa shape index (κ3) is 5.18. The van der Waals surface area contributed by atoms with E-state index in [1.807, 2.05) is 6.07 Å². The molecule has 0 amide bonds. The first-order valence-corrected chi connectivity index (χ1v) is 9.45. The molecule has 0 bridgehead atoms. The Morgan fingerprint density at radius 3 is 2.67 bits per heavy atom. The van der Waals surface area contributed by atoms with Crippen LogP contribution in [0.3, 0.4) is 0 Å². The molecule has 132 valence electrons. The molecular formula is C18H25BrFN3O. The van der Waals surface area contributed by atoms with Crippen molar-refractivity contribution >= 4 is 21.9 Å². The number of hydrogen-bond donors (Lipinski definition) is 1. The fraction of sp³-hybridized carbons (Fsp3) is 0.611. The Labute approximate surface area is 151 Å². The van der Waals surface area contributed by atoms with E-state index in [1.54, 1.807) is 13.1 Å². The molecule has 1 N–H and O–H groups in total. The Bertz CT molecular complexity index is 563. The second kappa shape index (κ2) is 8.30. The molecule has 2 aliphatic rings. The smallest absolute Gasteiger partial charge is 0.193 e. The normalized spacial score (nSPS) is 19.6. The second-order valence-electron chi connectivity index (χ2n) is 6.64. The van der Waals surface area contributed by atoms with Gasteiger partial charge in [-0.25, -0.2) is 4.39 Å². The number of benzene rings is 1. The number of nitrogens with zero attached hydrogens (tertiary/aromatic N) is 2. The van der Waals surface area contributed by atoms with Crippen molar-refractivity contribution in [2.45, 2.75) is 38.3 Å². The van der Waals surface area contributed by atoms with Crippen molar-refractivity contribution in [3.05, 3.63) is 34.1 Å². The van der Waals surface area contributed by atoms with Crippen molar-refractivity contribution in [1.29, 1.82) is 0 Å². The van der Waals surface area contributed by atoms with Crippen LogP contribution in [0.4, 0.5) is 4.39 Å². The zero-order valence-electron chi connectivity index (χ0n) is 14.1. The van der Waals surface area contributed by atoms with Crippen LogP contribution in [-0.4, -0.2) is 43.7 Å². The predicted octanol–water partition coefficient (Wildman–Crippen LogP) is 3.55. The number of guanidine groups is 1. The molecule has 1 aliphatic carbocycles. The maximum Gasteiger partial charge on any atom is 0.193 e. The van der Waals surface area contributed by atoms with Crippen molar-refractivity contribution in [1.82, 2.24) is 10.2 Å². The molecular weight excluding hydrogens is 373 g/mol. The van der Waals surface area contributed by atoms with Crippen LogP contribution in [0.5, 0.6) is 0 Å². The fourth-order valence-corrected chi connectivity index (χ4v) is 3.53. The van der Waals surface area contributed by atoms with Crippen molar-refractivity contribution in [2.75, 3.05) is 26.7 Å². The summed E-state index contributed by atoms with van der Waals surface area (Å²) >= 11 is 3.33. The predicted molar refractivity (Wildman–Crippen MR) is 97.6 cm³/mol. The van der Waals surface area contributed by atoms with Gasteiger partial charge in [0.2, 0.25) is 0 Å². The Morgan fingerprint density at radius 2 is 2.04 bits per heavy atom. The van der Waals surface area contributed by atoms with Gasteiger partial charge in [0, 0.05) is 37.8 Å². The quantitative estimate of drug-likeness (QED) is 0.609. The van der Waals surface area contributed by atoms with Crippen molar-refractivity contribution in [3.8, 4) is 0 Å². The molecule has 1 heterocycles. The van der Waals surface area contributed by atoms with Gasteiger partial charge in [0.1, 0.15) is 5.82 Å². The van der Waals surface area contributed by atoms with E-state index in [1.165, 1.54) is 18.9 Å². The summed E-state index contributed by atoms with van der Waals surface area (Å²) in [4.78, 5) is 6.62. The molecule has 3 rings (SSSR count). The summed E-state index contributed by atoms with van der Waals surface area (Å²) in [5.74, 6) is 1.46. The van der Waals surface area contributed by atoms with Crippen LogP contribution in [0.2, 0.25) is 0 Å². The van der Waals surface area contributed by atoms with Crippen LogP contribution < -0.4 is 5.32 Å². The summed E-state index contributed by atoms with van der Waals surface area (Å²) in [5, 5.41) is 3.33. The standard InChI is InChI=1S/C18H25BrFN3O/c1-21-18(22-11-14-8-15(19)10-16(20)9-14)23-6-4-17(5-7-23)24-12-13-2-3-13/h8-10,13,17H,2-7,11-12H2,1H3,(H,21,22). The van der Waals surface area contributed by atoms with Gasteiger partial charge in [0.15, 0.2) is 5.96 Å². The minimum absolute atomic E-state index is 0.232. The van der Waals surface area contributed by atoms with E-state index < -0.39 is 0 Å². The molecule has 0 atom stereocenters. The molecule has 1 saturated carbocycles. The number of ether oxygens (including phenoxy) is 1. The van der Waals surface area contributed by atoms with Crippen molar-refractivity contribution < 1.29 is 9.13 Å². The maximum absolute atomic E-state index is 13.5. The van der Waals surface area contributed by atoms with E-state index >= 15 is 0 Å². The van der Waals surface area contributed by atoms with Crippen LogP contribution in [0, 0.1) is 11.7 Å². The molecule has 0 spiro atoms. The highest BCUT2D eigenvalue weighted by Gasteiger charge is 2.26. The summed E-state index contributed by atoms with van der Waals surface area (Å²) in [6.45, 7) is 3.39. The number of rotatable bonds is 5. The second-order valence-corrected chi connectivity index (χ2v) is 7.56. The average Bonchev–Trinajstić information content (AvgIpc) is 3.38. The first-order chi connectivity index (χ1) is 11.6. The molecule has 24 heavy (non-hydrogen) atoms. The molecule has 4 nitrogen and oxygen atoms in total. The van der Waals surface area contributed by atoms with Crippen LogP contribution in [0.15, 0.2) is 27.7 Å². The SMILES string of the molecule is CN=C(NCc1cc(F)cc(Br)c1)N1CCC(OCC2CC2)CC1. The molecule has 1 aromatic carbocycles. The van der Waals surface area contributed by atoms with Gasteiger partial charge in [-0.05, 0) is 55.4 Å². The molecule has 0 radical (unpaired) electrons. The third-order valence-corrected chi connectivity index (χ3v) is 5.05. The lowest BCUT2D eigenvalue weighted by Gasteiger charge is -2.34. The molecule has 1 aromatic rings. The molecule has 2 fully saturated rings. The van der Waals surface area contributed by atoms with E-state index in [0.29, 0.717) is 12.6 Å². The van der Waals surface area contributed by atoms with Gasteiger partial charge in [0.05, 0.1) is 6.10 Å². The van der Waals surface area contributed by atoms with Gasteiger partial charge in [-0.1, -0.05) is 15.9 Å². The van der Waals surface area contributed by atoms with Crippen LogP contribution in [0.25, 0.3) is 0 Å². The zero-order chi connectivity index (χ0) is 16.9. The summed E-state index contributed by atoms with van der Waals surface area (Å²) in [6.07, 6.45) is 5.15. The number of piperidine rings is 1. The van der Waals surface area contributed by atoms with Crippen LogP contribution in [0.1, 0.15) is 31.2 Å². The van der Waals surface area contributed by atoms with E-state index in [9.17, 15) is 4.39 Å². The Kier molecular flexibility index (Phi) is 6.11. The third-order valence-electron chi connectivity index (χ3n) is 4.59. The highest BCUT2D eigenvalue weighted by atomic mass is 79.9. The number of halogens is 2. The van der Waals surface area contributed by atoms with Crippen molar-refractivity contribution in [2.24, 2.45) is 10.9 Å². The van der Waals surface area contributed by atoms with Crippen LogP contribution in [-0.2, 0) is 11.3 Å². The topological polar surface area (TPSA) is 36.9 Å². The van der Waals surface area contributed by atoms with Crippen molar-refractivity contribution in [3.63, 3.8) is 0 Å². The first-order valence-electron chi connectivity index (χ1n) is 8.66. The van der Waals surface area contributed by atoms with E-state index in [2.05, 4.69) is 31.1 Å². The Balaban J connectivity index is 1.46. The summed E-state index contributed by atoms with van der Waals surface area (Å²) in [7, 11) is 1.79. The molecule has 0 aromatic heterocycles. The number of nitrogens with one attached hydrogen (secondary N) is 1. The minimum Gasteiger partial charge on any atom is -0.378 e. The fourth-order valence-electron chi connectivity index (χ4n) is 3.02. The maximum atomic E-state index is 13.5. The van der Waals surface area contributed by atoms with Gasteiger partial charge in [0.25, 0.3) is 0 Å². The molecule has 1 aliphatic heterocycles. The van der Waals surface area contributed by atoms with E-state index in [0.717, 1.165) is 54.5 Å². The lowest BCUT2D eigenvalue weighted by Crippen LogP contribution is -2.46. The van der Waals surface area contributed by atoms with Crippen LogP contribution >= 0.6 is 15.9 Å². The largest absolute Gasteiger partial charge is 0.378 e. The summed E-state index contributed by atoms with van der Waals surface area (Å²) in [6, 6.07) is 4.93. The van der Waals surface area contributed by atoms with Gasteiger partial charge in [-0.3, -0.25) is 4.99 Å². The average molecular weight is 398 g/mol. The van der Waals surface area contributed by atoms with Gasteiger partial charge < -0.3 is 15.0 Å². The molecule has 0 unspecified atom stereocenters. The van der Waals surface area contributed by atoms with E-state index in [4.69, 9.17) is 4.74 Å². The monoisotopic (exact) mass is 397 g/mol. The number of likely N-dealkylation sites (tertiary alicyclic amines) is 1. The first kappa shape index (κ1) is 17.7. The lowest BCUT2D eigenvalue weighted by molar-refractivity contribution is 0.0131. The van der Waals surface area contributed by atoms with Gasteiger partial charge in [-0.2, -0.15) is 0 Å². The Hall–Kier alpha value is -1.14. The number of aliphatic imine (C=N–C) groups is 1. The van der Waals surface area contributed by atoms with Gasteiger partial charge >= 0.3 is 0 Å². The summed E-state index contributed by atoms with van der Waals surface area (Å²) in [5.41, 5.74) is 0.894. The molecule has 1 saturated heterocycles. The highest BCUT2D eigenvalue weighted by Crippen LogP contribution is 2.30. The minimum atomic E-state index is -0.232. The lowest BCUT2D eigenvalue weighted by atomic mass is 10.1. The Morgan fingerprint density at radius 1 is 1.29 bits per heavy atom. The molecule has 6 heteroatoms. The zero-order valence-corrected chi connectivity index (χ0v) is 15.7. The van der Waals surface area contributed by atoms with E-state index in [-0.39, 0.29) is 5.82 Å². The summed E-state index contributed by atoms with van der Waals surface area (Å²) < 4.78 is 20.2.